The fourth-order valence-electron chi connectivity index (χ4n) is 1.52. The zero-order chi connectivity index (χ0) is 10.6. The van der Waals surface area contributed by atoms with Crippen LogP contribution >= 0.6 is 0 Å². The third-order valence-corrected chi connectivity index (χ3v) is 2.91. The molecule has 0 aliphatic carbocycles. The summed E-state index contributed by atoms with van der Waals surface area (Å²) in [6, 6.07) is 0. The van der Waals surface area contributed by atoms with Crippen molar-refractivity contribution in [2.24, 2.45) is 5.92 Å². The molecule has 0 aromatic carbocycles. The number of hydrogen-bond acceptors (Lipinski definition) is 0. The third-order valence-electron chi connectivity index (χ3n) is 2.91. The first-order chi connectivity index (χ1) is 6.81. The summed E-state index contributed by atoms with van der Waals surface area (Å²) in [5.41, 5.74) is 0. The van der Waals surface area contributed by atoms with Crippen LogP contribution in [0.2, 0.25) is 0 Å². The van der Waals surface area contributed by atoms with Crippen molar-refractivity contribution in [2.45, 2.75) is 72.1 Å². The summed E-state index contributed by atoms with van der Waals surface area (Å²) >= 11 is 0. The monoisotopic (exact) mass is 196 g/mol. The number of unbranched alkanes of at least 4 members (excludes halogenated alkanes) is 4. The molecule has 0 amide bonds. The van der Waals surface area contributed by atoms with E-state index in [4.69, 9.17) is 0 Å². The maximum absolute atomic E-state index is 2.37. The van der Waals surface area contributed by atoms with Crippen molar-refractivity contribution in [1.82, 2.24) is 0 Å². The lowest BCUT2D eigenvalue weighted by molar-refractivity contribution is 0.486. The Balaban J connectivity index is 3.08. The largest absolute Gasteiger partial charge is 0.0885 e. The van der Waals surface area contributed by atoms with Gasteiger partial charge in [0.05, 0.1) is 0 Å². The molecule has 14 heavy (non-hydrogen) atoms. The molecule has 1 atom stereocenters. The van der Waals surface area contributed by atoms with E-state index in [1.54, 1.807) is 0 Å². The van der Waals surface area contributed by atoms with E-state index in [-0.39, 0.29) is 0 Å². The molecular formula is C14H28. The van der Waals surface area contributed by atoms with Gasteiger partial charge in [-0.25, -0.2) is 0 Å². The Morgan fingerprint density at radius 1 is 0.929 bits per heavy atom. The lowest BCUT2D eigenvalue weighted by Gasteiger charge is -2.05. The average Bonchev–Trinajstić information content (AvgIpc) is 2.21. The SMILES string of the molecule is CCCCC=CCCCCC(C)CC. The topological polar surface area (TPSA) is 0 Å². The van der Waals surface area contributed by atoms with Gasteiger partial charge in [0.25, 0.3) is 0 Å². The maximum atomic E-state index is 2.37. The molecule has 0 aliphatic rings. The molecule has 0 aromatic heterocycles. The van der Waals surface area contributed by atoms with Crippen molar-refractivity contribution in [3.63, 3.8) is 0 Å². The molecule has 0 heterocycles. The summed E-state index contributed by atoms with van der Waals surface area (Å²) in [5, 5.41) is 0. The average molecular weight is 196 g/mol. The minimum atomic E-state index is 0.930. The van der Waals surface area contributed by atoms with Crippen LogP contribution in [-0.2, 0) is 0 Å². The van der Waals surface area contributed by atoms with Crippen molar-refractivity contribution in [2.75, 3.05) is 0 Å². The summed E-state index contributed by atoms with van der Waals surface area (Å²) < 4.78 is 0. The zero-order valence-electron chi connectivity index (χ0n) is 10.4. The molecule has 0 aromatic rings. The van der Waals surface area contributed by atoms with Crippen LogP contribution in [-0.4, -0.2) is 0 Å². The van der Waals surface area contributed by atoms with Crippen LogP contribution in [0.5, 0.6) is 0 Å². The summed E-state index contributed by atoms with van der Waals surface area (Å²) in [5.74, 6) is 0.930. The Bertz CT molecular complexity index is 124. The van der Waals surface area contributed by atoms with Gasteiger partial charge in [0.1, 0.15) is 0 Å². The van der Waals surface area contributed by atoms with Gasteiger partial charge in [0.2, 0.25) is 0 Å². The van der Waals surface area contributed by atoms with Gasteiger partial charge in [0.15, 0.2) is 0 Å². The lowest BCUT2D eigenvalue weighted by atomic mass is 10.0. The first-order valence-corrected chi connectivity index (χ1v) is 6.46. The van der Waals surface area contributed by atoms with E-state index in [1.165, 1.54) is 51.4 Å². The number of allylic oxidation sites excluding steroid dienone is 2. The molecule has 0 radical (unpaired) electrons. The van der Waals surface area contributed by atoms with Gasteiger partial charge in [-0.15, -0.1) is 0 Å². The molecule has 0 rings (SSSR count). The minimum Gasteiger partial charge on any atom is -0.0885 e. The van der Waals surface area contributed by atoms with Crippen LogP contribution in [0.15, 0.2) is 12.2 Å². The Kier molecular flexibility index (Phi) is 10.6. The van der Waals surface area contributed by atoms with Crippen LogP contribution in [0.1, 0.15) is 72.1 Å². The summed E-state index contributed by atoms with van der Waals surface area (Å²) in [6.07, 6.45) is 15.5. The Morgan fingerprint density at radius 3 is 2.14 bits per heavy atom. The second-order valence-corrected chi connectivity index (χ2v) is 4.41. The van der Waals surface area contributed by atoms with E-state index in [1.807, 2.05) is 0 Å². The Hall–Kier alpha value is -0.260. The lowest BCUT2D eigenvalue weighted by Crippen LogP contribution is -1.90. The number of rotatable bonds is 9. The molecule has 0 saturated heterocycles. The zero-order valence-corrected chi connectivity index (χ0v) is 10.4. The second-order valence-electron chi connectivity index (χ2n) is 4.41. The van der Waals surface area contributed by atoms with Crippen LogP contribution in [0.25, 0.3) is 0 Å². The van der Waals surface area contributed by atoms with Crippen molar-refractivity contribution in [1.29, 1.82) is 0 Å². The van der Waals surface area contributed by atoms with Gasteiger partial charge in [-0.1, -0.05) is 65.0 Å². The second kappa shape index (κ2) is 10.8. The first kappa shape index (κ1) is 13.7. The highest BCUT2D eigenvalue weighted by Gasteiger charge is 1.96. The number of hydrogen-bond donors (Lipinski definition) is 0. The van der Waals surface area contributed by atoms with Gasteiger partial charge < -0.3 is 0 Å². The van der Waals surface area contributed by atoms with Crippen molar-refractivity contribution < 1.29 is 0 Å². The summed E-state index contributed by atoms with van der Waals surface area (Å²) in [4.78, 5) is 0. The summed E-state index contributed by atoms with van der Waals surface area (Å²) in [7, 11) is 0. The Labute approximate surface area is 90.8 Å². The predicted molar refractivity (Wildman–Crippen MR) is 66.6 cm³/mol. The van der Waals surface area contributed by atoms with Crippen LogP contribution in [0.3, 0.4) is 0 Å². The van der Waals surface area contributed by atoms with E-state index >= 15 is 0 Å². The van der Waals surface area contributed by atoms with Crippen molar-refractivity contribution in [3.8, 4) is 0 Å². The highest BCUT2D eigenvalue weighted by molar-refractivity contribution is 4.81. The van der Waals surface area contributed by atoms with E-state index in [9.17, 15) is 0 Å². The molecule has 0 aliphatic heterocycles. The fraction of sp³-hybridized carbons (Fsp3) is 0.857. The fourth-order valence-corrected chi connectivity index (χ4v) is 1.52. The molecule has 0 N–H and O–H groups in total. The van der Waals surface area contributed by atoms with E-state index in [2.05, 4.69) is 32.9 Å². The smallest absolute Gasteiger partial charge is 0.0351 e. The predicted octanol–water partition coefficient (Wildman–Crippen LogP) is 5.34. The van der Waals surface area contributed by atoms with Gasteiger partial charge in [-0.05, 0) is 25.2 Å². The highest BCUT2D eigenvalue weighted by Crippen LogP contribution is 2.12. The van der Waals surface area contributed by atoms with Gasteiger partial charge in [-0.3, -0.25) is 0 Å². The Morgan fingerprint density at radius 2 is 1.57 bits per heavy atom. The molecule has 0 fully saturated rings. The third kappa shape index (κ3) is 9.83. The summed E-state index contributed by atoms with van der Waals surface area (Å²) in [6.45, 7) is 6.90. The van der Waals surface area contributed by atoms with E-state index < -0.39 is 0 Å². The highest BCUT2D eigenvalue weighted by atomic mass is 14.0. The molecule has 84 valence electrons. The van der Waals surface area contributed by atoms with Crippen molar-refractivity contribution >= 4 is 0 Å². The van der Waals surface area contributed by atoms with E-state index in [0.717, 1.165) is 5.92 Å². The standard InChI is InChI=1S/C14H28/c1-4-6-7-8-9-10-11-12-13-14(3)5-2/h8-9,14H,4-7,10-13H2,1-3H3. The van der Waals surface area contributed by atoms with Crippen LogP contribution in [0, 0.1) is 5.92 Å². The normalized spacial score (nSPS) is 13.6. The van der Waals surface area contributed by atoms with Gasteiger partial charge >= 0.3 is 0 Å². The molecule has 1 unspecified atom stereocenters. The van der Waals surface area contributed by atoms with Crippen molar-refractivity contribution in [3.05, 3.63) is 12.2 Å². The van der Waals surface area contributed by atoms with Crippen LogP contribution in [0.4, 0.5) is 0 Å². The minimum absolute atomic E-state index is 0.930. The van der Waals surface area contributed by atoms with Crippen LogP contribution < -0.4 is 0 Å². The molecule has 0 nitrogen and oxygen atoms in total. The van der Waals surface area contributed by atoms with Gasteiger partial charge in [-0.2, -0.15) is 0 Å². The molecule has 0 heteroatoms. The molecule has 0 saturated carbocycles. The molecular weight excluding hydrogens is 168 g/mol. The molecule has 0 spiro atoms. The first-order valence-electron chi connectivity index (χ1n) is 6.46. The maximum Gasteiger partial charge on any atom is -0.0351 e. The molecule has 0 bridgehead atoms. The van der Waals surface area contributed by atoms with E-state index in [0.29, 0.717) is 0 Å². The quantitative estimate of drug-likeness (QED) is 0.345. The van der Waals surface area contributed by atoms with Gasteiger partial charge in [0, 0.05) is 0 Å².